The van der Waals surface area contributed by atoms with E-state index < -0.39 is 0 Å². The second kappa shape index (κ2) is 3.01. The second-order valence-corrected chi connectivity index (χ2v) is 3.64. The van der Waals surface area contributed by atoms with Gasteiger partial charge in [-0.05, 0) is 5.41 Å². The Bertz CT molecular complexity index is 126. The van der Waals surface area contributed by atoms with Crippen LogP contribution in [0.2, 0.25) is 0 Å². The zero-order chi connectivity index (χ0) is 8.36. The summed E-state index contributed by atoms with van der Waals surface area (Å²) in [6, 6.07) is -0.134. The lowest BCUT2D eigenvalue weighted by atomic mass is 9.85. The standard InChI is InChI=1S/C7H16N2O/c1-7(2,3)5(8)4-6(9)10/h5H,4,8H2,1-3H3,(H2,9,10)/t5-/m0/s1. The highest BCUT2D eigenvalue weighted by Crippen LogP contribution is 2.18. The molecular formula is C7H16N2O. The van der Waals surface area contributed by atoms with E-state index in [-0.39, 0.29) is 23.8 Å². The van der Waals surface area contributed by atoms with Gasteiger partial charge >= 0.3 is 0 Å². The van der Waals surface area contributed by atoms with Crippen molar-refractivity contribution in [1.82, 2.24) is 0 Å². The van der Waals surface area contributed by atoms with Crippen molar-refractivity contribution in [1.29, 1.82) is 0 Å². The molecule has 0 fully saturated rings. The summed E-state index contributed by atoms with van der Waals surface area (Å²) in [4.78, 5) is 10.4. The lowest BCUT2D eigenvalue weighted by Gasteiger charge is -2.25. The maximum absolute atomic E-state index is 10.4. The first-order valence-corrected chi connectivity index (χ1v) is 3.38. The first-order chi connectivity index (χ1) is 4.34. The largest absolute Gasteiger partial charge is 0.370 e. The molecule has 4 N–H and O–H groups in total. The molecule has 0 rings (SSSR count). The summed E-state index contributed by atoms with van der Waals surface area (Å²) in [5.74, 6) is -0.331. The molecule has 1 amide bonds. The second-order valence-electron chi connectivity index (χ2n) is 3.64. The topological polar surface area (TPSA) is 69.1 Å². The van der Waals surface area contributed by atoms with Gasteiger partial charge in [0, 0.05) is 12.5 Å². The molecule has 0 heterocycles. The van der Waals surface area contributed by atoms with Gasteiger partial charge in [-0.2, -0.15) is 0 Å². The third-order valence-electron chi connectivity index (χ3n) is 1.53. The Labute approximate surface area is 61.8 Å². The fourth-order valence-corrected chi connectivity index (χ4v) is 0.523. The molecule has 0 radical (unpaired) electrons. The van der Waals surface area contributed by atoms with Crippen LogP contribution in [0, 0.1) is 5.41 Å². The van der Waals surface area contributed by atoms with Crippen LogP contribution in [0.3, 0.4) is 0 Å². The number of primary amides is 1. The van der Waals surface area contributed by atoms with Gasteiger partial charge in [0.05, 0.1) is 0 Å². The van der Waals surface area contributed by atoms with Gasteiger partial charge in [-0.15, -0.1) is 0 Å². The van der Waals surface area contributed by atoms with Gasteiger partial charge in [0.2, 0.25) is 5.91 Å². The third kappa shape index (κ3) is 3.45. The molecule has 0 aromatic rings. The first kappa shape index (κ1) is 9.43. The fourth-order valence-electron chi connectivity index (χ4n) is 0.523. The molecule has 0 aliphatic heterocycles. The summed E-state index contributed by atoms with van der Waals surface area (Å²) >= 11 is 0. The maximum atomic E-state index is 10.4. The van der Waals surface area contributed by atoms with Crippen LogP contribution in [-0.4, -0.2) is 11.9 Å². The van der Waals surface area contributed by atoms with Crippen molar-refractivity contribution < 1.29 is 4.79 Å². The van der Waals surface area contributed by atoms with Gasteiger partial charge in [0.15, 0.2) is 0 Å². The van der Waals surface area contributed by atoms with Crippen LogP contribution < -0.4 is 11.5 Å². The number of hydrogen-bond donors (Lipinski definition) is 2. The number of amides is 1. The summed E-state index contributed by atoms with van der Waals surface area (Å²) < 4.78 is 0. The molecule has 0 aromatic heterocycles. The van der Waals surface area contributed by atoms with Crippen molar-refractivity contribution in [3.63, 3.8) is 0 Å². The Hall–Kier alpha value is -0.570. The molecule has 0 bridgehead atoms. The summed E-state index contributed by atoms with van der Waals surface area (Å²) in [5.41, 5.74) is 10.6. The average Bonchev–Trinajstić information content (AvgIpc) is 1.60. The van der Waals surface area contributed by atoms with Crippen LogP contribution in [0.5, 0.6) is 0 Å². The highest BCUT2D eigenvalue weighted by molar-refractivity contribution is 5.74. The predicted molar refractivity (Wildman–Crippen MR) is 41.2 cm³/mol. The highest BCUT2D eigenvalue weighted by Gasteiger charge is 2.21. The van der Waals surface area contributed by atoms with E-state index in [0.717, 1.165) is 0 Å². The zero-order valence-corrected chi connectivity index (χ0v) is 6.85. The van der Waals surface area contributed by atoms with Gasteiger partial charge in [0.25, 0.3) is 0 Å². The normalized spacial score (nSPS) is 14.8. The first-order valence-electron chi connectivity index (χ1n) is 3.38. The van der Waals surface area contributed by atoms with Crippen LogP contribution in [0.4, 0.5) is 0 Å². The van der Waals surface area contributed by atoms with Crippen molar-refractivity contribution in [2.24, 2.45) is 16.9 Å². The molecule has 3 heteroatoms. The van der Waals surface area contributed by atoms with E-state index in [1.54, 1.807) is 0 Å². The van der Waals surface area contributed by atoms with Crippen molar-refractivity contribution in [3.8, 4) is 0 Å². The van der Waals surface area contributed by atoms with Gasteiger partial charge < -0.3 is 11.5 Å². The van der Waals surface area contributed by atoms with Crippen LogP contribution in [0.25, 0.3) is 0 Å². The molecule has 1 atom stereocenters. The number of nitrogens with two attached hydrogens (primary N) is 2. The minimum atomic E-state index is -0.331. The van der Waals surface area contributed by atoms with Crippen molar-refractivity contribution in [2.75, 3.05) is 0 Å². The molecule has 0 aromatic carbocycles. The van der Waals surface area contributed by atoms with Gasteiger partial charge in [-0.25, -0.2) is 0 Å². The molecule has 0 unspecified atom stereocenters. The molecule has 60 valence electrons. The number of carbonyl (C=O) groups is 1. The van der Waals surface area contributed by atoms with Gasteiger partial charge in [-0.3, -0.25) is 4.79 Å². The molecule has 0 aliphatic rings. The van der Waals surface area contributed by atoms with Crippen LogP contribution in [0.15, 0.2) is 0 Å². The van der Waals surface area contributed by atoms with E-state index in [4.69, 9.17) is 11.5 Å². The molecule has 0 saturated heterocycles. The monoisotopic (exact) mass is 144 g/mol. The van der Waals surface area contributed by atoms with Gasteiger partial charge in [0.1, 0.15) is 0 Å². The van der Waals surface area contributed by atoms with Gasteiger partial charge in [-0.1, -0.05) is 20.8 Å². The lowest BCUT2D eigenvalue weighted by molar-refractivity contribution is -0.118. The van der Waals surface area contributed by atoms with E-state index in [9.17, 15) is 4.79 Å². The molecule has 0 saturated carbocycles. The summed E-state index contributed by atoms with van der Waals surface area (Å²) in [5, 5.41) is 0. The van der Waals surface area contributed by atoms with Crippen LogP contribution in [0.1, 0.15) is 27.2 Å². The van der Waals surface area contributed by atoms with Crippen molar-refractivity contribution in [3.05, 3.63) is 0 Å². The third-order valence-corrected chi connectivity index (χ3v) is 1.53. The van der Waals surface area contributed by atoms with Crippen molar-refractivity contribution in [2.45, 2.75) is 33.2 Å². The van der Waals surface area contributed by atoms with E-state index in [2.05, 4.69) is 0 Å². The lowest BCUT2D eigenvalue weighted by Crippen LogP contribution is -2.38. The Morgan fingerprint density at radius 3 is 2.00 bits per heavy atom. The minimum Gasteiger partial charge on any atom is -0.370 e. The van der Waals surface area contributed by atoms with Crippen LogP contribution >= 0.6 is 0 Å². The number of hydrogen-bond acceptors (Lipinski definition) is 2. The summed E-state index contributed by atoms with van der Waals surface area (Å²) in [7, 11) is 0. The van der Waals surface area contributed by atoms with E-state index >= 15 is 0 Å². The molecular weight excluding hydrogens is 128 g/mol. The van der Waals surface area contributed by atoms with Crippen LogP contribution in [-0.2, 0) is 4.79 Å². The Morgan fingerprint density at radius 2 is 1.90 bits per heavy atom. The van der Waals surface area contributed by atoms with E-state index in [0.29, 0.717) is 0 Å². The molecule has 0 aliphatic carbocycles. The highest BCUT2D eigenvalue weighted by atomic mass is 16.1. The summed E-state index contributed by atoms with van der Waals surface area (Å²) in [6.45, 7) is 5.96. The Balaban J connectivity index is 3.85. The van der Waals surface area contributed by atoms with Crippen molar-refractivity contribution >= 4 is 5.91 Å². The maximum Gasteiger partial charge on any atom is 0.218 e. The van der Waals surface area contributed by atoms with E-state index in [1.165, 1.54) is 0 Å². The molecule has 0 spiro atoms. The summed E-state index contributed by atoms with van der Waals surface area (Å²) in [6.07, 6.45) is 0.267. The number of carbonyl (C=O) groups excluding carboxylic acids is 1. The molecule has 3 nitrogen and oxygen atoms in total. The Kier molecular flexibility index (Phi) is 2.84. The Morgan fingerprint density at radius 1 is 1.50 bits per heavy atom. The molecule has 10 heavy (non-hydrogen) atoms. The smallest absolute Gasteiger partial charge is 0.218 e. The average molecular weight is 144 g/mol. The predicted octanol–water partition coefficient (Wildman–Crippen LogP) is 0.235. The number of rotatable bonds is 2. The quantitative estimate of drug-likeness (QED) is 0.582. The van der Waals surface area contributed by atoms with E-state index in [1.807, 2.05) is 20.8 Å². The fraction of sp³-hybridized carbons (Fsp3) is 0.857. The minimum absolute atomic E-state index is 0.0327. The SMILES string of the molecule is CC(C)(C)[C@@H](N)CC(N)=O. The zero-order valence-electron chi connectivity index (χ0n) is 6.85.